The fraction of sp³-hybridized carbons (Fsp3) is 0.426. The summed E-state index contributed by atoms with van der Waals surface area (Å²) in [6.45, 7) is 3.31. The van der Waals surface area contributed by atoms with E-state index in [0.717, 1.165) is 16.8 Å². The third-order valence-corrected chi connectivity index (χ3v) is 13.8. The molecule has 3 aliphatic rings. The molecule has 0 spiro atoms. The summed E-state index contributed by atoms with van der Waals surface area (Å²) in [5.74, 6) is -3.62. The van der Waals surface area contributed by atoms with Gasteiger partial charge >= 0.3 is 6.09 Å². The second kappa shape index (κ2) is 27.3. The molecule has 4 unspecified atom stereocenters. The van der Waals surface area contributed by atoms with Gasteiger partial charge in [-0.3, -0.25) is 33.9 Å². The minimum absolute atomic E-state index is 0.0153. The Morgan fingerprint density at radius 2 is 1.27 bits per heavy atom. The molecule has 19 nitrogen and oxygen atoms in total. The SMILES string of the molecule is CC[C@H]1NC(=O)[C@@H]2CC(OC(=O)NCCNP)CN2C(=O)[C@@H](Cc2ccccc2)NC(=O)[C@@H](Cc2ccc(OCc3ccccc3)cc2)NC(=O)[C@@H](CCCCN)NC(=O)C(CC2CNc3ccccc32)NC1=O. The van der Waals surface area contributed by atoms with Crippen LogP contribution in [0.2, 0.25) is 0 Å². The molecule has 0 bridgehead atoms. The molecule has 9 atom stereocenters. The van der Waals surface area contributed by atoms with Crippen molar-refractivity contribution >= 4 is 56.6 Å². The first kappa shape index (κ1) is 54.7. The van der Waals surface area contributed by atoms with Gasteiger partial charge in [0, 0.05) is 50.5 Å². The van der Waals surface area contributed by atoms with E-state index in [1.807, 2.05) is 60.7 Å². The highest BCUT2D eigenvalue weighted by Crippen LogP contribution is 2.34. The van der Waals surface area contributed by atoms with Crippen LogP contribution < -0.4 is 52.8 Å². The molecule has 10 N–H and O–H groups in total. The fourth-order valence-electron chi connectivity index (χ4n) is 9.52. The van der Waals surface area contributed by atoms with Crippen LogP contribution >= 0.6 is 9.39 Å². The number of ether oxygens (including phenoxy) is 2. The first-order chi connectivity index (χ1) is 35.9. The van der Waals surface area contributed by atoms with Gasteiger partial charge in [-0.1, -0.05) is 107 Å². The second-order valence-corrected chi connectivity index (χ2v) is 19.3. The van der Waals surface area contributed by atoms with Crippen molar-refractivity contribution in [1.82, 2.24) is 41.9 Å². The summed E-state index contributed by atoms with van der Waals surface area (Å²) in [6, 6.07) is 26.1. The largest absolute Gasteiger partial charge is 0.489 e. The van der Waals surface area contributed by atoms with Gasteiger partial charge in [0.1, 0.15) is 54.7 Å². The van der Waals surface area contributed by atoms with Crippen LogP contribution in [0.4, 0.5) is 10.5 Å². The van der Waals surface area contributed by atoms with Crippen molar-refractivity contribution in [3.05, 3.63) is 131 Å². The van der Waals surface area contributed by atoms with Crippen LogP contribution in [-0.4, -0.2) is 122 Å². The predicted octanol–water partition coefficient (Wildman–Crippen LogP) is 2.70. The summed E-state index contributed by atoms with van der Waals surface area (Å²) < 4.78 is 11.8. The van der Waals surface area contributed by atoms with Crippen molar-refractivity contribution in [2.75, 3.05) is 38.0 Å². The summed E-state index contributed by atoms with van der Waals surface area (Å²) >= 11 is 0. The highest BCUT2D eigenvalue weighted by atomic mass is 31.0. The van der Waals surface area contributed by atoms with E-state index < -0.39 is 83.9 Å². The van der Waals surface area contributed by atoms with Crippen molar-refractivity contribution in [2.45, 2.75) is 113 Å². The van der Waals surface area contributed by atoms with E-state index in [4.69, 9.17) is 15.2 Å². The van der Waals surface area contributed by atoms with Crippen molar-refractivity contribution < 1.29 is 43.0 Å². The molecule has 0 aliphatic carbocycles. The van der Waals surface area contributed by atoms with Gasteiger partial charge in [-0.2, -0.15) is 0 Å². The molecule has 74 heavy (non-hydrogen) atoms. The van der Waals surface area contributed by atoms with Gasteiger partial charge in [0.25, 0.3) is 0 Å². The number of nitrogens with two attached hydrogens (primary N) is 1. The predicted molar refractivity (Wildman–Crippen MR) is 282 cm³/mol. The van der Waals surface area contributed by atoms with Crippen LogP contribution in [0.3, 0.4) is 0 Å². The molecule has 2 fully saturated rings. The van der Waals surface area contributed by atoms with Gasteiger partial charge < -0.3 is 57.3 Å². The van der Waals surface area contributed by atoms with Crippen LogP contribution in [-0.2, 0) is 53.0 Å². The van der Waals surface area contributed by atoms with Crippen LogP contribution in [0, 0.1) is 0 Å². The first-order valence-electron chi connectivity index (χ1n) is 25.5. The topological polar surface area (TPSA) is 263 Å². The molecule has 4 aromatic carbocycles. The Bertz CT molecular complexity index is 2540. The Morgan fingerprint density at radius 1 is 0.676 bits per heavy atom. The number of benzene rings is 4. The zero-order valence-electron chi connectivity index (χ0n) is 41.7. The first-order valence-corrected chi connectivity index (χ1v) is 26.0. The van der Waals surface area contributed by atoms with Crippen molar-refractivity contribution in [3.8, 4) is 5.75 Å². The smallest absolute Gasteiger partial charge is 0.407 e. The number of fused-ring (bicyclic) bond motifs is 2. The van der Waals surface area contributed by atoms with Crippen LogP contribution in [0.25, 0.3) is 0 Å². The lowest BCUT2D eigenvalue weighted by molar-refractivity contribution is -0.143. The molecule has 4 aromatic rings. The maximum atomic E-state index is 15.2. The molecule has 7 rings (SSSR count). The van der Waals surface area contributed by atoms with E-state index in [2.05, 4.69) is 51.7 Å². The zero-order valence-corrected chi connectivity index (χ0v) is 42.8. The molecular weight excluding hydrogens is 964 g/mol. The summed E-state index contributed by atoms with van der Waals surface area (Å²) in [5.41, 5.74) is 10.1. The van der Waals surface area contributed by atoms with Crippen molar-refractivity contribution in [1.29, 1.82) is 0 Å². The lowest BCUT2D eigenvalue weighted by atomic mass is 9.93. The van der Waals surface area contributed by atoms with Gasteiger partial charge in [0.15, 0.2) is 0 Å². The van der Waals surface area contributed by atoms with E-state index in [0.29, 0.717) is 56.0 Å². The third kappa shape index (κ3) is 15.2. The number of amides is 7. The number of anilines is 1. The van der Waals surface area contributed by atoms with Gasteiger partial charge in [-0.25, -0.2) is 4.79 Å². The molecule has 0 saturated carbocycles. The summed E-state index contributed by atoms with van der Waals surface area (Å²) in [4.78, 5) is 103. The quantitative estimate of drug-likeness (QED) is 0.0515. The Labute approximate surface area is 434 Å². The second-order valence-electron chi connectivity index (χ2n) is 18.9. The third-order valence-electron chi connectivity index (χ3n) is 13.5. The van der Waals surface area contributed by atoms with E-state index >= 15 is 4.79 Å². The molecule has 394 valence electrons. The number of carbonyl (C=O) groups is 7. The molecule has 7 amide bonds. The summed E-state index contributed by atoms with van der Waals surface area (Å²) in [5, 5.41) is 23.4. The Balaban J connectivity index is 1.25. The monoisotopic (exact) mass is 1030 g/mol. The van der Waals surface area contributed by atoms with Crippen molar-refractivity contribution in [2.24, 2.45) is 5.73 Å². The van der Waals surface area contributed by atoms with E-state index in [1.54, 1.807) is 55.5 Å². The molecule has 0 radical (unpaired) electrons. The number of para-hydroxylation sites is 1. The number of rotatable bonds is 18. The Kier molecular flexibility index (Phi) is 20.2. The van der Waals surface area contributed by atoms with Gasteiger partial charge in [-0.05, 0) is 79.1 Å². The number of nitrogens with one attached hydrogen (secondary N) is 8. The molecule has 2 saturated heterocycles. The minimum Gasteiger partial charge on any atom is -0.489 e. The van der Waals surface area contributed by atoms with Gasteiger partial charge in [-0.15, -0.1) is 0 Å². The number of hydrogen-bond donors (Lipinski definition) is 9. The minimum atomic E-state index is -1.30. The average molecular weight is 1030 g/mol. The number of unbranched alkanes of at least 4 members (excludes halogenated alkanes) is 1. The van der Waals surface area contributed by atoms with Crippen molar-refractivity contribution in [3.63, 3.8) is 0 Å². The fourth-order valence-corrected chi connectivity index (χ4v) is 9.66. The molecule has 20 heteroatoms. The average Bonchev–Trinajstić information content (AvgIpc) is 4.03. The van der Waals surface area contributed by atoms with Crippen LogP contribution in [0.1, 0.15) is 73.6 Å². The highest BCUT2D eigenvalue weighted by Gasteiger charge is 2.45. The van der Waals surface area contributed by atoms with E-state index in [-0.39, 0.29) is 57.5 Å². The summed E-state index contributed by atoms with van der Waals surface area (Å²) in [6.07, 6.45) is -0.494. The number of nitrogens with zero attached hydrogens (tertiary/aromatic N) is 1. The highest BCUT2D eigenvalue weighted by molar-refractivity contribution is 7.13. The Morgan fingerprint density at radius 3 is 1.99 bits per heavy atom. The number of hydrogen-bond acceptors (Lipinski definition) is 12. The molecular formula is C54H69N10O9P. The number of alkyl carbamates (subject to hydrolysis) is 1. The van der Waals surface area contributed by atoms with Crippen LogP contribution in [0.5, 0.6) is 5.75 Å². The normalized spacial score (nSPS) is 23.6. The maximum Gasteiger partial charge on any atom is 0.407 e. The Hall–Kier alpha value is -7.08. The number of carbonyl (C=O) groups excluding carboxylic acids is 7. The lowest BCUT2D eigenvalue weighted by Crippen LogP contribution is -2.61. The standard InChI is InChI=1S/C54H69N10O9P/c1-2-41-48(65)62-45(29-37-31-57-42-18-10-9-17-40(37)42)51(68)60-43(19-11-12-24-55)49(66)61-44(27-35-20-22-38(23-21-35)72-33-36-15-7-4-8-16-36)50(67)63-46(28-34-13-5-3-6-14-34)53(70)64-32-39(30-47(64)52(69)59-41)73-54(71)56-25-26-58-74/h3-10,13-18,20-23,37,39,41,43-47,57-58H,2,11-12,19,24-33,55,74H2,1H3,(H,56,71)(H,59,69)(H,60,68)(H,61,66)(H,62,65)(H,63,67)/t37?,39?,41-,43-,44-,45?,46-,47+/m1/s1. The van der Waals surface area contributed by atoms with Gasteiger partial charge in [0.2, 0.25) is 35.4 Å². The maximum absolute atomic E-state index is 15.2. The molecule has 3 heterocycles. The molecule has 0 aromatic heterocycles. The van der Waals surface area contributed by atoms with Crippen LogP contribution in [0.15, 0.2) is 109 Å². The summed E-state index contributed by atoms with van der Waals surface area (Å²) in [7, 11) is 2.34. The van der Waals surface area contributed by atoms with E-state index in [9.17, 15) is 28.8 Å². The van der Waals surface area contributed by atoms with Gasteiger partial charge in [0.05, 0.1) is 6.54 Å². The lowest BCUT2D eigenvalue weighted by Gasteiger charge is -2.32. The molecule has 3 aliphatic heterocycles. The zero-order chi connectivity index (χ0) is 52.4. The van der Waals surface area contributed by atoms with E-state index in [1.165, 1.54) is 4.90 Å².